The Bertz CT molecular complexity index is 325. The van der Waals surface area contributed by atoms with Crippen molar-refractivity contribution in [3.05, 3.63) is 16.1 Å². The van der Waals surface area contributed by atoms with Crippen LogP contribution in [0.3, 0.4) is 0 Å². The molecule has 0 saturated carbocycles. The fraction of sp³-hybridized carbons (Fsp3) is 0.600. The molecule has 0 aliphatic heterocycles. The van der Waals surface area contributed by atoms with E-state index in [1.165, 1.54) is 11.3 Å². The maximum absolute atomic E-state index is 11.5. The Morgan fingerprint density at radius 3 is 3.00 bits per heavy atom. The van der Waals surface area contributed by atoms with E-state index < -0.39 is 0 Å². The highest BCUT2D eigenvalue weighted by Crippen LogP contribution is 2.11. The average molecular weight is 247 g/mol. The zero-order valence-electron chi connectivity index (χ0n) is 8.92. The molecule has 1 heterocycles. The van der Waals surface area contributed by atoms with Crippen molar-refractivity contribution in [1.82, 2.24) is 10.3 Å². The van der Waals surface area contributed by atoms with Crippen molar-refractivity contribution >= 4 is 28.8 Å². The Morgan fingerprint density at radius 1 is 1.73 bits per heavy atom. The average Bonchev–Trinajstić information content (AvgIpc) is 2.59. The van der Waals surface area contributed by atoms with Crippen LogP contribution in [0.15, 0.2) is 6.20 Å². The molecule has 84 valence electrons. The molecule has 0 aliphatic carbocycles. The van der Waals surface area contributed by atoms with E-state index >= 15 is 0 Å². The summed E-state index contributed by atoms with van der Waals surface area (Å²) < 4.78 is 0. The van der Waals surface area contributed by atoms with Gasteiger partial charge in [0.05, 0.1) is 11.2 Å². The highest BCUT2D eigenvalue weighted by molar-refractivity contribution is 7.13. The first-order valence-electron chi connectivity index (χ1n) is 4.94. The molecular weight excluding hydrogens is 232 g/mol. The smallest absolute Gasteiger partial charge is 0.263 e. The van der Waals surface area contributed by atoms with Gasteiger partial charge in [0.1, 0.15) is 4.88 Å². The summed E-state index contributed by atoms with van der Waals surface area (Å²) in [6, 6.07) is 0. The number of carbonyl (C=O) groups excluding carboxylic acids is 1. The molecule has 3 nitrogen and oxygen atoms in total. The first-order chi connectivity index (χ1) is 7.09. The normalized spacial score (nSPS) is 12.5. The maximum atomic E-state index is 11.5. The van der Waals surface area contributed by atoms with Crippen LogP contribution in [0.1, 0.15) is 34.4 Å². The van der Waals surface area contributed by atoms with Crippen LogP contribution in [0.25, 0.3) is 0 Å². The second kappa shape index (κ2) is 6.08. The van der Waals surface area contributed by atoms with E-state index in [2.05, 4.69) is 10.3 Å². The molecule has 0 aliphatic rings. The third kappa shape index (κ3) is 4.62. The second-order valence-corrected chi connectivity index (χ2v) is 5.40. The minimum Gasteiger partial charge on any atom is -0.351 e. The zero-order valence-corrected chi connectivity index (χ0v) is 10.5. The molecule has 0 spiro atoms. The van der Waals surface area contributed by atoms with Gasteiger partial charge in [0.2, 0.25) is 0 Å². The number of hydrogen-bond acceptors (Lipinski definition) is 3. The Labute approximate surface area is 98.9 Å². The van der Waals surface area contributed by atoms with Gasteiger partial charge in [-0.2, -0.15) is 0 Å². The minimum atomic E-state index is -0.0391. The van der Waals surface area contributed by atoms with Crippen molar-refractivity contribution in [3.8, 4) is 0 Å². The lowest BCUT2D eigenvalue weighted by Gasteiger charge is -2.04. The standard InChI is InChI=1S/C10H15ClN2OS/c1-7(11)4-3-5-12-10(14)9-6-13-8(2)15-9/h6-7H,3-5H2,1-2H3,(H,12,14). The molecule has 0 aromatic carbocycles. The molecule has 15 heavy (non-hydrogen) atoms. The first-order valence-corrected chi connectivity index (χ1v) is 6.19. The summed E-state index contributed by atoms with van der Waals surface area (Å²) >= 11 is 7.20. The quantitative estimate of drug-likeness (QED) is 0.641. The summed E-state index contributed by atoms with van der Waals surface area (Å²) in [5, 5.41) is 3.93. The monoisotopic (exact) mass is 246 g/mol. The van der Waals surface area contributed by atoms with Gasteiger partial charge in [-0.05, 0) is 26.7 Å². The predicted octanol–water partition coefficient (Wildman–Crippen LogP) is 2.59. The number of amides is 1. The van der Waals surface area contributed by atoms with Crippen LogP contribution in [-0.2, 0) is 0 Å². The molecule has 1 N–H and O–H groups in total. The van der Waals surface area contributed by atoms with Gasteiger partial charge in [0, 0.05) is 11.9 Å². The highest BCUT2D eigenvalue weighted by Gasteiger charge is 2.07. The van der Waals surface area contributed by atoms with E-state index in [4.69, 9.17) is 11.6 Å². The zero-order chi connectivity index (χ0) is 11.3. The Kier molecular flexibility index (Phi) is 5.05. The number of hydrogen-bond donors (Lipinski definition) is 1. The van der Waals surface area contributed by atoms with Crippen molar-refractivity contribution in [1.29, 1.82) is 0 Å². The lowest BCUT2D eigenvalue weighted by Crippen LogP contribution is -2.23. The van der Waals surface area contributed by atoms with Gasteiger partial charge >= 0.3 is 0 Å². The van der Waals surface area contributed by atoms with E-state index in [1.54, 1.807) is 6.20 Å². The van der Waals surface area contributed by atoms with E-state index in [0.717, 1.165) is 17.8 Å². The number of halogens is 1. The van der Waals surface area contributed by atoms with Gasteiger partial charge in [-0.3, -0.25) is 4.79 Å². The van der Waals surface area contributed by atoms with Gasteiger partial charge in [-0.1, -0.05) is 0 Å². The fourth-order valence-electron chi connectivity index (χ4n) is 1.14. The molecule has 1 unspecified atom stereocenters. The van der Waals surface area contributed by atoms with Crippen LogP contribution in [-0.4, -0.2) is 22.8 Å². The number of aryl methyl sites for hydroxylation is 1. The number of nitrogens with zero attached hydrogens (tertiary/aromatic N) is 1. The summed E-state index contributed by atoms with van der Waals surface area (Å²) in [7, 11) is 0. The van der Waals surface area contributed by atoms with Crippen LogP contribution in [0.2, 0.25) is 0 Å². The summed E-state index contributed by atoms with van der Waals surface area (Å²) in [5.41, 5.74) is 0. The number of carbonyl (C=O) groups is 1. The van der Waals surface area contributed by atoms with E-state index in [-0.39, 0.29) is 11.3 Å². The topological polar surface area (TPSA) is 42.0 Å². The molecule has 1 atom stereocenters. The van der Waals surface area contributed by atoms with Gasteiger partial charge < -0.3 is 5.32 Å². The third-order valence-electron chi connectivity index (χ3n) is 1.91. The van der Waals surface area contributed by atoms with Crippen LogP contribution >= 0.6 is 22.9 Å². The predicted molar refractivity (Wildman–Crippen MR) is 63.7 cm³/mol. The summed E-state index contributed by atoms with van der Waals surface area (Å²) in [5.74, 6) is -0.0391. The Balaban J connectivity index is 2.25. The number of aromatic nitrogens is 1. The molecule has 0 bridgehead atoms. The van der Waals surface area contributed by atoms with Crippen LogP contribution in [0.4, 0.5) is 0 Å². The van der Waals surface area contributed by atoms with E-state index in [9.17, 15) is 4.79 Å². The second-order valence-electron chi connectivity index (χ2n) is 3.42. The maximum Gasteiger partial charge on any atom is 0.263 e. The number of thiazole rings is 1. The molecule has 1 amide bonds. The number of alkyl halides is 1. The van der Waals surface area contributed by atoms with Crippen molar-refractivity contribution in [2.45, 2.75) is 32.1 Å². The Hall–Kier alpha value is -0.610. The van der Waals surface area contributed by atoms with Gasteiger partial charge in [0.15, 0.2) is 0 Å². The molecule has 0 radical (unpaired) electrons. The molecular formula is C10H15ClN2OS. The molecule has 5 heteroatoms. The van der Waals surface area contributed by atoms with Gasteiger partial charge in [-0.15, -0.1) is 22.9 Å². The molecule has 1 aromatic heterocycles. The SMILES string of the molecule is Cc1ncc(C(=O)NCCCC(C)Cl)s1. The van der Waals surface area contributed by atoms with Crippen LogP contribution < -0.4 is 5.32 Å². The van der Waals surface area contributed by atoms with Crippen molar-refractivity contribution < 1.29 is 4.79 Å². The third-order valence-corrected chi connectivity index (χ3v) is 3.04. The molecule has 0 saturated heterocycles. The Morgan fingerprint density at radius 2 is 2.47 bits per heavy atom. The van der Waals surface area contributed by atoms with E-state index in [0.29, 0.717) is 11.4 Å². The van der Waals surface area contributed by atoms with E-state index in [1.807, 2.05) is 13.8 Å². The summed E-state index contributed by atoms with van der Waals surface area (Å²) in [6.07, 6.45) is 3.44. The highest BCUT2D eigenvalue weighted by atomic mass is 35.5. The van der Waals surface area contributed by atoms with Crippen molar-refractivity contribution in [2.24, 2.45) is 0 Å². The van der Waals surface area contributed by atoms with Crippen LogP contribution in [0.5, 0.6) is 0 Å². The largest absolute Gasteiger partial charge is 0.351 e. The van der Waals surface area contributed by atoms with Gasteiger partial charge in [-0.25, -0.2) is 4.98 Å². The molecule has 0 fully saturated rings. The lowest BCUT2D eigenvalue weighted by atomic mass is 10.2. The molecule has 1 rings (SSSR count). The summed E-state index contributed by atoms with van der Waals surface area (Å²) in [4.78, 5) is 16.2. The number of rotatable bonds is 5. The van der Waals surface area contributed by atoms with Gasteiger partial charge in [0.25, 0.3) is 5.91 Å². The number of nitrogens with one attached hydrogen (secondary N) is 1. The summed E-state index contributed by atoms with van der Waals surface area (Å²) in [6.45, 7) is 4.51. The minimum absolute atomic E-state index is 0.0391. The fourth-order valence-corrected chi connectivity index (χ4v) is 1.99. The van der Waals surface area contributed by atoms with Crippen molar-refractivity contribution in [2.75, 3.05) is 6.54 Å². The van der Waals surface area contributed by atoms with Crippen LogP contribution in [0, 0.1) is 6.92 Å². The molecule has 1 aromatic rings. The van der Waals surface area contributed by atoms with Crippen molar-refractivity contribution in [3.63, 3.8) is 0 Å². The lowest BCUT2D eigenvalue weighted by molar-refractivity contribution is 0.0957. The first kappa shape index (κ1) is 12.5.